The first-order chi connectivity index (χ1) is 7.62. The van der Waals surface area contributed by atoms with E-state index in [0.717, 1.165) is 25.7 Å². The van der Waals surface area contributed by atoms with Gasteiger partial charge in [-0.15, -0.1) is 0 Å². The van der Waals surface area contributed by atoms with Crippen molar-refractivity contribution in [1.29, 1.82) is 0 Å². The van der Waals surface area contributed by atoms with E-state index < -0.39 is 5.60 Å². The Labute approximate surface area is 98.5 Å². The summed E-state index contributed by atoms with van der Waals surface area (Å²) in [6.07, 6.45) is 4.14. The van der Waals surface area contributed by atoms with Crippen molar-refractivity contribution in [2.75, 3.05) is 0 Å². The van der Waals surface area contributed by atoms with E-state index in [9.17, 15) is 5.11 Å². The summed E-state index contributed by atoms with van der Waals surface area (Å²) < 4.78 is 0. The van der Waals surface area contributed by atoms with Gasteiger partial charge in [0.25, 0.3) is 0 Å². The third kappa shape index (κ3) is 2.30. The zero-order chi connectivity index (χ0) is 11.6. The van der Waals surface area contributed by atoms with Gasteiger partial charge >= 0.3 is 0 Å². The molecular formula is C15H22O. The zero-order valence-corrected chi connectivity index (χ0v) is 10.3. The summed E-state index contributed by atoms with van der Waals surface area (Å²) in [5.74, 6) is 1.03. The van der Waals surface area contributed by atoms with Crippen LogP contribution in [0.25, 0.3) is 0 Å². The molecule has 2 rings (SSSR count). The van der Waals surface area contributed by atoms with Gasteiger partial charge in [-0.2, -0.15) is 0 Å². The summed E-state index contributed by atoms with van der Waals surface area (Å²) in [5.41, 5.74) is 1.03. The van der Waals surface area contributed by atoms with E-state index in [4.69, 9.17) is 0 Å². The molecule has 1 fully saturated rings. The smallest absolute Gasteiger partial charge is 0.0671 e. The summed E-state index contributed by atoms with van der Waals surface area (Å²) in [7, 11) is 0. The van der Waals surface area contributed by atoms with Crippen LogP contribution in [0.15, 0.2) is 30.3 Å². The number of rotatable bonds is 2. The van der Waals surface area contributed by atoms with E-state index in [1.165, 1.54) is 5.56 Å². The van der Waals surface area contributed by atoms with Gasteiger partial charge in [0.15, 0.2) is 0 Å². The van der Waals surface area contributed by atoms with Gasteiger partial charge < -0.3 is 5.11 Å². The summed E-state index contributed by atoms with van der Waals surface area (Å²) in [6.45, 7) is 4.26. The Morgan fingerprint density at radius 3 is 2.19 bits per heavy atom. The van der Waals surface area contributed by atoms with Crippen LogP contribution in [0.5, 0.6) is 0 Å². The maximum atomic E-state index is 10.4. The predicted molar refractivity (Wildman–Crippen MR) is 67.4 cm³/mol. The maximum Gasteiger partial charge on any atom is 0.0671 e. The summed E-state index contributed by atoms with van der Waals surface area (Å²) in [6, 6.07) is 10.7. The quantitative estimate of drug-likeness (QED) is 0.802. The number of aliphatic hydroxyl groups is 1. The third-order valence-electron chi connectivity index (χ3n) is 4.20. The molecule has 1 aliphatic rings. The Bertz CT molecular complexity index is 321. The summed E-state index contributed by atoms with van der Waals surface area (Å²) in [5, 5.41) is 10.4. The Morgan fingerprint density at radius 1 is 1.12 bits per heavy atom. The molecule has 0 heterocycles. The fourth-order valence-electron chi connectivity index (χ4n) is 2.75. The van der Waals surface area contributed by atoms with Gasteiger partial charge in [-0.3, -0.25) is 0 Å². The molecule has 0 unspecified atom stereocenters. The van der Waals surface area contributed by atoms with Crippen LogP contribution >= 0.6 is 0 Å². The summed E-state index contributed by atoms with van der Waals surface area (Å²) in [4.78, 5) is 0. The van der Waals surface area contributed by atoms with Gasteiger partial charge in [0.2, 0.25) is 0 Å². The second-order valence-electron chi connectivity index (χ2n) is 5.44. The van der Waals surface area contributed by atoms with Crippen molar-refractivity contribution < 1.29 is 5.11 Å². The van der Waals surface area contributed by atoms with Crippen molar-refractivity contribution in [2.24, 2.45) is 5.92 Å². The Morgan fingerprint density at radius 2 is 1.69 bits per heavy atom. The molecule has 88 valence electrons. The lowest BCUT2D eigenvalue weighted by Crippen LogP contribution is -2.38. The molecule has 0 aliphatic heterocycles. The lowest BCUT2D eigenvalue weighted by molar-refractivity contribution is -0.0409. The molecule has 0 aromatic heterocycles. The molecule has 1 heteroatoms. The first kappa shape index (κ1) is 11.7. The van der Waals surface area contributed by atoms with Crippen molar-refractivity contribution in [3.63, 3.8) is 0 Å². The molecule has 0 radical (unpaired) electrons. The van der Waals surface area contributed by atoms with Gasteiger partial charge in [-0.1, -0.05) is 44.2 Å². The molecule has 1 aromatic rings. The van der Waals surface area contributed by atoms with Crippen LogP contribution in [0.1, 0.15) is 51.0 Å². The minimum atomic E-state index is -0.411. The molecule has 1 saturated carbocycles. The standard InChI is InChI=1S/C15H22O/c1-12(2)15(16)10-8-14(9-11-15)13-6-4-3-5-7-13/h3-7,12,14,16H,8-11H2,1-2H3. The number of hydrogen-bond acceptors (Lipinski definition) is 1. The second-order valence-corrected chi connectivity index (χ2v) is 5.44. The van der Waals surface area contributed by atoms with Gasteiger partial charge in [-0.05, 0) is 43.1 Å². The van der Waals surface area contributed by atoms with Crippen molar-refractivity contribution >= 4 is 0 Å². The van der Waals surface area contributed by atoms with E-state index >= 15 is 0 Å². The van der Waals surface area contributed by atoms with Gasteiger partial charge in [0, 0.05) is 0 Å². The maximum absolute atomic E-state index is 10.4. The van der Waals surface area contributed by atoms with Crippen molar-refractivity contribution in [3.05, 3.63) is 35.9 Å². The van der Waals surface area contributed by atoms with Crippen LogP contribution in [0.2, 0.25) is 0 Å². The highest BCUT2D eigenvalue weighted by Gasteiger charge is 2.35. The van der Waals surface area contributed by atoms with Crippen LogP contribution in [0, 0.1) is 5.92 Å². The minimum absolute atomic E-state index is 0.379. The SMILES string of the molecule is CC(C)C1(O)CCC(c2ccccc2)CC1. The van der Waals surface area contributed by atoms with Crippen LogP contribution in [-0.2, 0) is 0 Å². The topological polar surface area (TPSA) is 20.2 Å². The molecular weight excluding hydrogens is 196 g/mol. The van der Waals surface area contributed by atoms with Gasteiger partial charge in [0.05, 0.1) is 5.60 Å². The Hall–Kier alpha value is -0.820. The van der Waals surface area contributed by atoms with E-state index in [0.29, 0.717) is 11.8 Å². The predicted octanol–water partition coefficient (Wildman–Crippen LogP) is 3.73. The molecule has 1 N–H and O–H groups in total. The average molecular weight is 218 g/mol. The molecule has 0 saturated heterocycles. The van der Waals surface area contributed by atoms with Crippen LogP contribution in [0.3, 0.4) is 0 Å². The first-order valence-electron chi connectivity index (χ1n) is 6.39. The fourth-order valence-corrected chi connectivity index (χ4v) is 2.75. The lowest BCUT2D eigenvalue weighted by Gasteiger charge is -2.39. The molecule has 0 amide bonds. The van der Waals surface area contributed by atoms with Crippen molar-refractivity contribution in [2.45, 2.75) is 51.0 Å². The molecule has 0 spiro atoms. The third-order valence-corrected chi connectivity index (χ3v) is 4.20. The van der Waals surface area contributed by atoms with Crippen LogP contribution < -0.4 is 0 Å². The number of hydrogen-bond donors (Lipinski definition) is 1. The summed E-state index contributed by atoms with van der Waals surface area (Å²) >= 11 is 0. The number of benzene rings is 1. The highest BCUT2D eigenvalue weighted by Crippen LogP contribution is 2.41. The highest BCUT2D eigenvalue weighted by atomic mass is 16.3. The molecule has 1 aliphatic carbocycles. The normalized spacial score (nSPS) is 30.6. The van der Waals surface area contributed by atoms with Crippen LogP contribution in [-0.4, -0.2) is 10.7 Å². The average Bonchev–Trinajstić information content (AvgIpc) is 2.31. The lowest BCUT2D eigenvalue weighted by atomic mass is 9.71. The fraction of sp³-hybridized carbons (Fsp3) is 0.600. The van der Waals surface area contributed by atoms with E-state index in [1.54, 1.807) is 0 Å². The minimum Gasteiger partial charge on any atom is -0.390 e. The molecule has 1 nitrogen and oxygen atoms in total. The monoisotopic (exact) mass is 218 g/mol. The van der Waals surface area contributed by atoms with Gasteiger partial charge in [0.1, 0.15) is 0 Å². The molecule has 1 aromatic carbocycles. The zero-order valence-electron chi connectivity index (χ0n) is 10.3. The van der Waals surface area contributed by atoms with E-state index in [-0.39, 0.29) is 0 Å². The van der Waals surface area contributed by atoms with Gasteiger partial charge in [-0.25, -0.2) is 0 Å². The molecule has 16 heavy (non-hydrogen) atoms. The van der Waals surface area contributed by atoms with Crippen molar-refractivity contribution in [1.82, 2.24) is 0 Å². The van der Waals surface area contributed by atoms with E-state index in [2.05, 4.69) is 44.2 Å². The second kappa shape index (κ2) is 4.58. The highest BCUT2D eigenvalue weighted by molar-refractivity contribution is 5.20. The Kier molecular flexibility index (Phi) is 3.34. The first-order valence-corrected chi connectivity index (χ1v) is 6.39. The van der Waals surface area contributed by atoms with E-state index in [1.807, 2.05) is 0 Å². The molecule has 0 bridgehead atoms. The Balaban J connectivity index is 2.01. The molecule has 0 atom stereocenters. The van der Waals surface area contributed by atoms with Crippen LogP contribution in [0.4, 0.5) is 0 Å². The largest absolute Gasteiger partial charge is 0.390 e. The van der Waals surface area contributed by atoms with Crippen molar-refractivity contribution in [3.8, 4) is 0 Å².